The predicted octanol–water partition coefficient (Wildman–Crippen LogP) is 3.30. The fourth-order valence-electron chi connectivity index (χ4n) is 2.89. The lowest BCUT2D eigenvalue weighted by Gasteiger charge is -2.12. The number of hydrogen-bond donors (Lipinski definition) is 1. The van der Waals surface area contributed by atoms with Crippen LogP contribution in [0.5, 0.6) is 0 Å². The van der Waals surface area contributed by atoms with E-state index in [9.17, 15) is 9.18 Å². The Balaban J connectivity index is 2.05. The number of primary amides is 1. The summed E-state index contributed by atoms with van der Waals surface area (Å²) in [5.74, 6) is -0.981. The van der Waals surface area contributed by atoms with Crippen LogP contribution in [-0.2, 0) is 0 Å². The van der Waals surface area contributed by atoms with Crippen LogP contribution in [0.25, 0.3) is 28.0 Å². The van der Waals surface area contributed by atoms with Gasteiger partial charge in [-0.15, -0.1) is 0 Å². The Morgan fingerprint density at radius 1 is 1.04 bits per heavy atom. The van der Waals surface area contributed by atoms with Crippen LogP contribution >= 0.6 is 0 Å². The molecule has 0 atom stereocenters. The van der Waals surface area contributed by atoms with E-state index >= 15 is 0 Å². The van der Waals surface area contributed by atoms with Crippen molar-refractivity contribution in [3.63, 3.8) is 0 Å². The van der Waals surface area contributed by atoms with Gasteiger partial charge in [-0.25, -0.2) is 13.9 Å². The molecule has 0 saturated carbocycles. The fourth-order valence-corrected chi connectivity index (χ4v) is 2.89. The Hall–Kier alpha value is -3.54. The molecule has 0 saturated heterocycles. The average molecular weight is 332 g/mol. The predicted molar refractivity (Wildman–Crippen MR) is 92.3 cm³/mol. The number of carbonyl (C=O) groups is 1. The van der Waals surface area contributed by atoms with Crippen LogP contribution in [0.2, 0.25) is 0 Å². The van der Waals surface area contributed by atoms with Gasteiger partial charge in [-0.05, 0) is 23.8 Å². The Morgan fingerprint density at radius 3 is 2.60 bits per heavy atom. The van der Waals surface area contributed by atoms with Gasteiger partial charge < -0.3 is 5.73 Å². The normalized spacial score (nSPS) is 10.9. The zero-order chi connectivity index (χ0) is 17.4. The number of aromatic nitrogens is 3. The quantitative estimate of drug-likeness (QED) is 0.625. The Kier molecular flexibility index (Phi) is 3.50. The molecular weight excluding hydrogens is 319 g/mol. The average Bonchev–Trinajstić information content (AvgIpc) is 3.05. The molecule has 0 unspecified atom stereocenters. The van der Waals surface area contributed by atoms with Crippen molar-refractivity contribution in [3.8, 4) is 22.4 Å². The maximum absolute atomic E-state index is 14.4. The van der Waals surface area contributed by atoms with Gasteiger partial charge in [0, 0.05) is 35.2 Å². The van der Waals surface area contributed by atoms with Crippen molar-refractivity contribution in [1.82, 2.24) is 14.6 Å². The highest BCUT2D eigenvalue weighted by molar-refractivity contribution is 6.03. The van der Waals surface area contributed by atoms with Gasteiger partial charge in [0.05, 0.1) is 5.69 Å². The molecule has 5 nitrogen and oxygen atoms in total. The van der Waals surface area contributed by atoms with E-state index in [2.05, 4.69) is 10.1 Å². The lowest BCUT2D eigenvalue weighted by molar-refractivity contribution is 0.100. The molecule has 6 heteroatoms. The number of nitrogens with two attached hydrogens (primary N) is 1. The maximum atomic E-state index is 14.4. The molecule has 25 heavy (non-hydrogen) atoms. The number of rotatable bonds is 3. The van der Waals surface area contributed by atoms with Gasteiger partial charge >= 0.3 is 0 Å². The number of carbonyl (C=O) groups excluding carboxylic acids is 1. The van der Waals surface area contributed by atoms with E-state index < -0.39 is 5.91 Å². The second-order valence-corrected chi connectivity index (χ2v) is 5.52. The van der Waals surface area contributed by atoms with Crippen molar-refractivity contribution in [2.24, 2.45) is 5.73 Å². The standard InChI is InChI=1S/C19H13FN4O/c20-15-8-2-1-5-12(15)13-6-3-7-14(19(21)25)18(13)16-11-17-22-9-4-10-24(17)23-16/h1-11H,(H2,21,25). The molecule has 0 bridgehead atoms. The molecule has 2 N–H and O–H groups in total. The van der Waals surface area contributed by atoms with E-state index in [1.807, 2.05) is 0 Å². The smallest absolute Gasteiger partial charge is 0.249 e. The van der Waals surface area contributed by atoms with E-state index in [0.717, 1.165) is 0 Å². The number of amides is 1. The van der Waals surface area contributed by atoms with Gasteiger partial charge in [0.1, 0.15) is 5.82 Å². The molecule has 2 aromatic heterocycles. The van der Waals surface area contributed by atoms with Gasteiger partial charge in [0.2, 0.25) is 5.91 Å². The van der Waals surface area contributed by atoms with Crippen molar-refractivity contribution in [3.05, 3.63) is 78.4 Å². The Labute approximate surface area is 142 Å². The number of halogens is 1. The SMILES string of the molecule is NC(=O)c1cccc(-c2ccccc2F)c1-c1cc2ncccn2n1. The number of benzene rings is 2. The van der Waals surface area contributed by atoms with E-state index in [4.69, 9.17) is 5.73 Å². The van der Waals surface area contributed by atoms with Crippen LogP contribution in [0.3, 0.4) is 0 Å². The molecular formula is C19H13FN4O. The van der Waals surface area contributed by atoms with E-state index in [-0.39, 0.29) is 11.4 Å². The van der Waals surface area contributed by atoms with Crippen LogP contribution < -0.4 is 5.73 Å². The van der Waals surface area contributed by atoms with Gasteiger partial charge in [-0.3, -0.25) is 4.79 Å². The Morgan fingerprint density at radius 2 is 1.84 bits per heavy atom. The number of nitrogens with zero attached hydrogens (tertiary/aromatic N) is 3. The van der Waals surface area contributed by atoms with Gasteiger partial charge in [-0.2, -0.15) is 5.10 Å². The lowest BCUT2D eigenvalue weighted by atomic mass is 9.92. The summed E-state index contributed by atoms with van der Waals surface area (Å²) in [6.45, 7) is 0. The highest BCUT2D eigenvalue weighted by Gasteiger charge is 2.20. The van der Waals surface area contributed by atoms with Gasteiger partial charge in [0.25, 0.3) is 0 Å². The van der Waals surface area contributed by atoms with E-state index in [0.29, 0.717) is 28.0 Å². The zero-order valence-electron chi connectivity index (χ0n) is 13.1. The summed E-state index contributed by atoms with van der Waals surface area (Å²) in [5, 5.41) is 4.47. The van der Waals surface area contributed by atoms with Gasteiger partial charge in [-0.1, -0.05) is 30.3 Å². The summed E-state index contributed by atoms with van der Waals surface area (Å²) in [6, 6.07) is 14.9. The van der Waals surface area contributed by atoms with Crippen molar-refractivity contribution >= 4 is 11.6 Å². The monoisotopic (exact) mass is 332 g/mol. The lowest BCUT2D eigenvalue weighted by Crippen LogP contribution is -2.13. The highest BCUT2D eigenvalue weighted by Crippen LogP contribution is 2.35. The van der Waals surface area contributed by atoms with Crippen LogP contribution in [0, 0.1) is 5.82 Å². The third-order valence-electron chi connectivity index (χ3n) is 3.99. The molecule has 0 aliphatic rings. The fraction of sp³-hybridized carbons (Fsp3) is 0. The first-order valence-electron chi connectivity index (χ1n) is 7.63. The number of fused-ring (bicyclic) bond motifs is 1. The van der Waals surface area contributed by atoms with Crippen molar-refractivity contribution < 1.29 is 9.18 Å². The van der Waals surface area contributed by atoms with Crippen molar-refractivity contribution in [2.45, 2.75) is 0 Å². The second-order valence-electron chi connectivity index (χ2n) is 5.52. The second kappa shape index (κ2) is 5.83. The minimum atomic E-state index is -0.599. The molecule has 0 fully saturated rings. The van der Waals surface area contributed by atoms with Crippen LogP contribution in [0.1, 0.15) is 10.4 Å². The van der Waals surface area contributed by atoms with Crippen LogP contribution in [0.4, 0.5) is 4.39 Å². The molecule has 0 spiro atoms. The summed E-state index contributed by atoms with van der Waals surface area (Å²) in [6.07, 6.45) is 3.40. The zero-order valence-corrected chi connectivity index (χ0v) is 13.1. The van der Waals surface area contributed by atoms with E-state index in [1.165, 1.54) is 6.07 Å². The Bertz CT molecular complexity index is 1070. The molecule has 2 aromatic carbocycles. The molecule has 4 rings (SSSR count). The minimum absolute atomic E-state index is 0.282. The first kappa shape index (κ1) is 15.0. The van der Waals surface area contributed by atoms with Crippen LogP contribution in [0.15, 0.2) is 67.0 Å². The summed E-state index contributed by atoms with van der Waals surface area (Å²) in [4.78, 5) is 16.2. The van der Waals surface area contributed by atoms with Crippen molar-refractivity contribution in [1.29, 1.82) is 0 Å². The first-order valence-corrected chi connectivity index (χ1v) is 7.63. The molecule has 1 amide bonds. The summed E-state index contributed by atoms with van der Waals surface area (Å²) in [5.41, 5.74) is 8.38. The van der Waals surface area contributed by atoms with E-state index in [1.54, 1.807) is 65.4 Å². The van der Waals surface area contributed by atoms with Crippen LogP contribution in [-0.4, -0.2) is 20.5 Å². The first-order chi connectivity index (χ1) is 12.1. The molecule has 0 aliphatic heterocycles. The number of hydrogen-bond acceptors (Lipinski definition) is 3. The third-order valence-corrected chi connectivity index (χ3v) is 3.99. The minimum Gasteiger partial charge on any atom is -0.366 e. The molecule has 122 valence electrons. The largest absolute Gasteiger partial charge is 0.366 e. The molecule has 0 aliphatic carbocycles. The molecule has 4 aromatic rings. The summed E-state index contributed by atoms with van der Waals surface area (Å²) < 4.78 is 15.9. The summed E-state index contributed by atoms with van der Waals surface area (Å²) in [7, 11) is 0. The van der Waals surface area contributed by atoms with Crippen molar-refractivity contribution in [2.75, 3.05) is 0 Å². The summed E-state index contributed by atoms with van der Waals surface area (Å²) >= 11 is 0. The molecule has 0 radical (unpaired) electrons. The maximum Gasteiger partial charge on any atom is 0.249 e. The topological polar surface area (TPSA) is 73.3 Å². The highest BCUT2D eigenvalue weighted by atomic mass is 19.1. The third kappa shape index (κ3) is 2.53. The molecule has 2 heterocycles. The van der Waals surface area contributed by atoms with Gasteiger partial charge in [0.15, 0.2) is 5.65 Å².